The number of carboxylic acids is 1. The van der Waals surface area contributed by atoms with Gasteiger partial charge >= 0.3 is 5.97 Å². The maximum Gasteiger partial charge on any atom is 0.332 e. The van der Waals surface area contributed by atoms with Gasteiger partial charge in [0, 0.05) is 5.57 Å². The first-order valence-electron chi connectivity index (χ1n) is 3.46. The zero-order valence-corrected chi connectivity index (χ0v) is 6.72. The lowest BCUT2D eigenvalue weighted by Crippen LogP contribution is -2.02. The molecule has 11 heavy (non-hydrogen) atoms. The third-order valence-electron chi connectivity index (χ3n) is 1.38. The lowest BCUT2D eigenvalue weighted by atomic mass is 10.1. The van der Waals surface area contributed by atoms with Gasteiger partial charge < -0.3 is 5.11 Å². The summed E-state index contributed by atoms with van der Waals surface area (Å²) in [5.74, 6) is -0.981. The first-order chi connectivity index (χ1) is 5.13. The molecule has 0 radical (unpaired) electrons. The van der Waals surface area contributed by atoms with E-state index in [4.69, 9.17) is 10.4 Å². The Morgan fingerprint density at radius 2 is 2.18 bits per heavy atom. The van der Waals surface area contributed by atoms with E-state index in [2.05, 4.69) is 0 Å². The molecule has 60 valence electrons. The van der Waals surface area contributed by atoms with Gasteiger partial charge in [-0.05, 0) is 13.3 Å². The van der Waals surface area contributed by atoms with Crippen molar-refractivity contribution < 1.29 is 9.90 Å². The van der Waals surface area contributed by atoms with Crippen LogP contribution in [0.5, 0.6) is 0 Å². The predicted octanol–water partition coefficient (Wildman–Crippen LogP) is 1.71. The molecule has 0 atom stereocenters. The second-order valence-electron chi connectivity index (χ2n) is 2.27. The number of nitrogens with zero attached hydrogens (tertiary/aromatic N) is 1. The number of carbonyl (C=O) groups is 1. The monoisotopic (exact) mass is 153 g/mol. The molecule has 0 bridgehead atoms. The summed E-state index contributed by atoms with van der Waals surface area (Å²) in [6.07, 6.45) is 1.22. The van der Waals surface area contributed by atoms with Crippen molar-refractivity contribution in [2.75, 3.05) is 0 Å². The lowest BCUT2D eigenvalue weighted by Gasteiger charge is -1.98. The van der Waals surface area contributed by atoms with Crippen LogP contribution in [-0.4, -0.2) is 11.1 Å². The van der Waals surface area contributed by atoms with Crippen molar-refractivity contribution in [1.82, 2.24) is 0 Å². The van der Waals surface area contributed by atoms with Crippen LogP contribution in [0.15, 0.2) is 11.1 Å². The standard InChI is InChI=1S/C8H11NO2/c1-3-4-7(8(10)11)6(2)5-9/h3-4H2,1-2H3,(H,10,11). The minimum Gasteiger partial charge on any atom is -0.478 e. The van der Waals surface area contributed by atoms with Crippen LogP contribution < -0.4 is 0 Å². The second-order valence-corrected chi connectivity index (χ2v) is 2.27. The molecule has 1 N–H and O–H groups in total. The minimum atomic E-state index is -0.981. The van der Waals surface area contributed by atoms with Gasteiger partial charge in [0.2, 0.25) is 0 Å². The molecule has 0 aliphatic rings. The highest BCUT2D eigenvalue weighted by Crippen LogP contribution is 2.10. The second kappa shape index (κ2) is 4.51. The molecular weight excluding hydrogens is 142 g/mol. The molecule has 0 aliphatic heterocycles. The third-order valence-corrected chi connectivity index (χ3v) is 1.38. The Hall–Kier alpha value is -1.30. The molecule has 0 unspecified atom stereocenters. The molecule has 0 aromatic carbocycles. The third kappa shape index (κ3) is 2.85. The molecule has 0 rings (SSSR count). The van der Waals surface area contributed by atoms with Gasteiger partial charge in [0.05, 0.1) is 11.6 Å². The summed E-state index contributed by atoms with van der Waals surface area (Å²) in [6, 6.07) is 1.83. The number of rotatable bonds is 3. The van der Waals surface area contributed by atoms with Gasteiger partial charge in [0.15, 0.2) is 0 Å². The number of aliphatic carboxylic acids is 1. The normalized spacial score (nSPS) is 11.7. The van der Waals surface area contributed by atoms with E-state index in [1.54, 1.807) is 0 Å². The molecule has 0 amide bonds. The highest BCUT2D eigenvalue weighted by atomic mass is 16.4. The molecule has 0 aliphatic carbocycles. The Morgan fingerprint density at radius 1 is 1.64 bits per heavy atom. The van der Waals surface area contributed by atoms with E-state index >= 15 is 0 Å². The van der Waals surface area contributed by atoms with E-state index in [0.717, 1.165) is 6.42 Å². The maximum atomic E-state index is 10.5. The van der Waals surface area contributed by atoms with Crippen molar-refractivity contribution in [3.05, 3.63) is 11.1 Å². The van der Waals surface area contributed by atoms with Crippen LogP contribution in [0.2, 0.25) is 0 Å². The van der Waals surface area contributed by atoms with E-state index in [1.807, 2.05) is 13.0 Å². The van der Waals surface area contributed by atoms with Crippen LogP contribution >= 0.6 is 0 Å². The molecule has 0 spiro atoms. The van der Waals surface area contributed by atoms with Crippen molar-refractivity contribution in [3.8, 4) is 6.07 Å². The van der Waals surface area contributed by atoms with E-state index in [-0.39, 0.29) is 5.57 Å². The van der Waals surface area contributed by atoms with Gasteiger partial charge in [-0.3, -0.25) is 0 Å². The topological polar surface area (TPSA) is 61.1 Å². The molecular formula is C8H11NO2. The molecule has 3 heteroatoms. The van der Waals surface area contributed by atoms with E-state index in [1.165, 1.54) is 6.92 Å². The van der Waals surface area contributed by atoms with Crippen LogP contribution in [0.1, 0.15) is 26.7 Å². The van der Waals surface area contributed by atoms with Crippen molar-refractivity contribution in [3.63, 3.8) is 0 Å². The molecule has 0 aromatic rings. The summed E-state index contributed by atoms with van der Waals surface area (Å²) in [5.41, 5.74) is 0.536. The number of hydrogen-bond acceptors (Lipinski definition) is 2. The zero-order chi connectivity index (χ0) is 8.85. The van der Waals surface area contributed by atoms with E-state index < -0.39 is 5.97 Å². The Labute approximate surface area is 66.0 Å². The summed E-state index contributed by atoms with van der Waals surface area (Å²) in [6.45, 7) is 3.41. The Morgan fingerprint density at radius 3 is 2.45 bits per heavy atom. The number of carboxylic acid groups (broad SMARTS) is 1. The highest BCUT2D eigenvalue weighted by molar-refractivity contribution is 5.88. The molecule has 0 saturated carbocycles. The SMILES string of the molecule is CCCC(C(=O)O)=C(C)C#N. The average molecular weight is 153 g/mol. The zero-order valence-electron chi connectivity index (χ0n) is 6.72. The Bertz CT molecular complexity index is 223. The van der Waals surface area contributed by atoms with Crippen molar-refractivity contribution in [2.24, 2.45) is 0 Å². The number of hydrogen-bond donors (Lipinski definition) is 1. The highest BCUT2D eigenvalue weighted by Gasteiger charge is 2.09. The van der Waals surface area contributed by atoms with Gasteiger partial charge in [-0.2, -0.15) is 5.26 Å². The Balaban J connectivity index is 4.61. The molecule has 0 aromatic heterocycles. The first kappa shape index (κ1) is 9.70. The minimum absolute atomic E-state index is 0.231. The Kier molecular flexibility index (Phi) is 3.97. The molecule has 0 fully saturated rings. The van der Waals surface area contributed by atoms with Crippen LogP contribution in [0.4, 0.5) is 0 Å². The van der Waals surface area contributed by atoms with Gasteiger partial charge in [-0.25, -0.2) is 4.79 Å². The van der Waals surface area contributed by atoms with Crippen molar-refractivity contribution in [1.29, 1.82) is 5.26 Å². The van der Waals surface area contributed by atoms with Gasteiger partial charge in [0.25, 0.3) is 0 Å². The summed E-state index contributed by atoms with van der Waals surface area (Å²) in [7, 11) is 0. The summed E-state index contributed by atoms with van der Waals surface area (Å²) < 4.78 is 0. The number of allylic oxidation sites excluding steroid dienone is 1. The lowest BCUT2D eigenvalue weighted by molar-refractivity contribution is -0.132. The van der Waals surface area contributed by atoms with Gasteiger partial charge in [-0.15, -0.1) is 0 Å². The fourth-order valence-corrected chi connectivity index (χ4v) is 0.772. The van der Waals surface area contributed by atoms with Gasteiger partial charge in [0.1, 0.15) is 0 Å². The maximum absolute atomic E-state index is 10.5. The number of nitriles is 1. The fourth-order valence-electron chi connectivity index (χ4n) is 0.772. The molecule has 0 heterocycles. The van der Waals surface area contributed by atoms with Crippen LogP contribution in [0, 0.1) is 11.3 Å². The predicted molar refractivity (Wildman–Crippen MR) is 40.9 cm³/mol. The molecule has 3 nitrogen and oxygen atoms in total. The smallest absolute Gasteiger partial charge is 0.332 e. The molecule has 0 saturated heterocycles. The van der Waals surface area contributed by atoms with E-state index in [0.29, 0.717) is 12.0 Å². The summed E-state index contributed by atoms with van der Waals surface area (Å²) in [5, 5.41) is 17.0. The van der Waals surface area contributed by atoms with Gasteiger partial charge in [-0.1, -0.05) is 13.3 Å². The van der Waals surface area contributed by atoms with Crippen LogP contribution in [0.3, 0.4) is 0 Å². The largest absolute Gasteiger partial charge is 0.478 e. The average Bonchev–Trinajstić information content (AvgIpc) is 1.98. The van der Waals surface area contributed by atoms with Crippen molar-refractivity contribution in [2.45, 2.75) is 26.7 Å². The fraction of sp³-hybridized carbons (Fsp3) is 0.500. The van der Waals surface area contributed by atoms with Crippen LogP contribution in [0.25, 0.3) is 0 Å². The van der Waals surface area contributed by atoms with Crippen LogP contribution in [-0.2, 0) is 4.79 Å². The quantitative estimate of drug-likeness (QED) is 0.496. The summed E-state index contributed by atoms with van der Waals surface area (Å²) in [4.78, 5) is 10.5. The first-order valence-corrected chi connectivity index (χ1v) is 3.46. The summed E-state index contributed by atoms with van der Waals surface area (Å²) >= 11 is 0. The van der Waals surface area contributed by atoms with E-state index in [9.17, 15) is 4.79 Å². The van der Waals surface area contributed by atoms with Crippen molar-refractivity contribution >= 4 is 5.97 Å².